The van der Waals surface area contributed by atoms with Crippen LogP contribution < -0.4 is 0 Å². The van der Waals surface area contributed by atoms with Crippen molar-refractivity contribution in [2.45, 2.75) is 480 Å². The minimum atomic E-state index is -1.36. The summed E-state index contributed by atoms with van der Waals surface area (Å²) in [7, 11) is 0. The summed E-state index contributed by atoms with van der Waals surface area (Å²) < 4.78 is 37.7. The minimum Gasteiger partial charge on any atom is -0.393 e. The summed E-state index contributed by atoms with van der Waals surface area (Å²) in [5, 5.41) is 164. The third-order valence-electron chi connectivity index (χ3n) is 42.9. The molecule has 0 aromatic rings. The normalized spacial score (nSPS) is 51.8. The van der Waals surface area contributed by atoms with Crippen LogP contribution >= 0.6 is 0 Å². The topological polar surface area (TPSA) is 359 Å². The van der Waals surface area contributed by atoms with Gasteiger partial charge in [0.05, 0.1) is 72.7 Å². The minimum absolute atomic E-state index is 0.0291. The Hall–Kier alpha value is -1.62. The second kappa shape index (κ2) is 36.3. The van der Waals surface area contributed by atoms with Gasteiger partial charge in [0.15, 0.2) is 18.9 Å². The number of hydrogen-bond acceptors (Lipinski definition) is 21. The van der Waals surface area contributed by atoms with Gasteiger partial charge in [-0.2, -0.15) is 0 Å². The quantitative estimate of drug-likeness (QED) is 0.0567. The molecule has 15 rings (SSSR count). The molecule has 12 aliphatic carbocycles. The van der Waals surface area contributed by atoms with Crippen LogP contribution in [0.4, 0.5) is 0 Å². The molecule has 43 atom stereocenters. The molecule has 16 unspecified atom stereocenters. The van der Waals surface area contributed by atoms with Crippen molar-refractivity contribution in [1.82, 2.24) is 0 Å². The first-order valence-corrected chi connectivity index (χ1v) is 50.7. The van der Waals surface area contributed by atoms with Crippen molar-refractivity contribution >= 4 is 0 Å². The van der Waals surface area contributed by atoms with Gasteiger partial charge in [-0.25, -0.2) is 0 Å². The van der Waals surface area contributed by atoms with E-state index in [1.807, 2.05) is 0 Å². The van der Waals surface area contributed by atoms with E-state index in [1.165, 1.54) is 16.7 Å². The Balaban J connectivity index is 0.000000163. The number of ether oxygens (including phenoxy) is 6. The molecule has 0 bridgehead atoms. The van der Waals surface area contributed by atoms with E-state index < -0.39 is 115 Å². The predicted octanol–water partition coefficient (Wildman–Crippen LogP) is 15.3. The SMILES string of the molecule is CC(C)=CCC[C@](C)(O[C@@H]1OC(C)[C@H](O)[C@H](O)C1O)C1CC[C@]2(C)C1[C@H](O)CC1[C@@]3(C)CC[C@H](O)C(C)(C)C3CC[C@]12C.CC(C)=CCC[C@](C)(O[C@@H]1OC[C@@H](O)[C@H](O)C1O)C1CC[C@]2(C)C1[C@H](O)CC1[C@@]3(C)CC[C@H](O)C(C)(C)C3CC[C@]12C.CC(C)=CCC[C@](C)(O[C@@H]1OC[C@H](O)[C@H](O)C1O)C1CC[C@]2(C)C1[C@H](O)CC1[C@@]3(C)CC[C@H](O)C(C)(C)C3CC[C@]12C. The summed E-state index contributed by atoms with van der Waals surface area (Å²) in [5.41, 5.74) is 1.28. The molecule has 3 heterocycles. The molecule has 3 saturated heterocycles. The van der Waals surface area contributed by atoms with Crippen LogP contribution in [0.3, 0.4) is 0 Å². The van der Waals surface area contributed by atoms with Crippen LogP contribution in [0, 0.1) is 136 Å². The molecule has 15 fully saturated rings. The van der Waals surface area contributed by atoms with Crippen molar-refractivity contribution in [3.63, 3.8) is 0 Å². The third-order valence-corrected chi connectivity index (χ3v) is 42.9. The maximum Gasteiger partial charge on any atom is 0.187 e. The fourth-order valence-corrected chi connectivity index (χ4v) is 34.9. The van der Waals surface area contributed by atoms with Gasteiger partial charge in [-0.15, -0.1) is 0 Å². The van der Waals surface area contributed by atoms with E-state index in [0.717, 1.165) is 154 Å². The van der Waals surface area contributed by atoms with Crippen molar-refractivity contribution in [3.8, 4) is 0 Å². The van der Waals surface area contributed by atoms with E-state index in [9.17, 15) is 76.6 Å². The first-order valence-electron chi connectivity index (χ1n) is 50.7. The van der Waals surface area contributed by atoms with Gasteiger partial charge in [-0.3, -0.25) is 0 Å². The lowest BCUT2D eigenvalue weighted by Crippen LogP contribution is -2.67. The maximum absolute atomic E-state index is 12.2. The van der Waals surface area contributed by atoms with Gasteiger partial charge in [-0.05, 0) is 379 Å². The van der Waals surface area contributed by atoms with Crippen molar-refractivity contribution in [3.05, 3.63) is 34.9 Å². The molecule has 0 amide bonds. The highest BCUT2D eigenvalue weighted by molar-refractivity contribution is 5.25. The van der Waals surface area contributed by atoms with Gasteiger partial charge >= 0.3 is 0 Å². The van der Waals surface area contributed by atoms with Gasteiger partial charge in [0.2, 0.25) is 0 Å². The number of allylic oxidation sites excluding steroid dienone is 6. The van der Waals surface area contributed by atoms with Crippen LogP contribution in [-0.4, -0.2) is 223 Å². The zero-order valence-electron chi connectivity index (χ0n) is 83.3. The van der Waals surface area contributed by atoms with E-state index in [2.05, 4.69) is 184 Å². The Morgan fingerprint density at radius 3 is 0.843 bits per heavy atom. The lowest BCUT2D eigenvalue weighted by atomic mass is 9.35. The fraction of sp³-hybridized carbons (Fsp3) is 0.943. The molecule has 0 radical (unpaired) electrons. The number of aliphatic hydroxyl groups is 15. The highest BCUT2D eigenvalue weighted by Crippen LogP contribution is 2.80. The number of hydrogen-bond donors (Lipinski definition) is 15. The molecule has 0 spiro atoms. The largest absolute Gasteiger partial charge is 0.393 e. The van der Waals surface area contributed by atoms with Crippen molar-refractivity contribution in [1.29, 1.82) is 0 Å². The van der Waals surface area contributed by atoms with E-state index in [-0.39, 0.29) is 132 Å². The summed E-state index contributed by atoms with van der Waals surface area (Å²) in [6, 6.07) is 0. The number of aliphatic hydroxyl groups excluding tert-OH is 15. The second-order valence-corrected chi connectivity index (χ2v) is 50.9. The van der Waals surface area contributed by atoms with Gasteiger partial charge in [0.25, 0.3) is 0 Å². The van der Waals surface area contributed by atoms with E-state index in [1.54, 1.807) is 6.92 Å². The zero-order valence-corrected chi connectivity index (χ0v) is 83.3. The monoisotopic (exact) mass is 1790 g/mol. The van der Waals surface area contributed by atoms with Crippen molar-refractivity contribution < 1.29 is 105 Å². The summed E-state index contributed by atoms with van der Waals surface area (Å²) in [4.78, 5) is 0. The average molecular weight is 1790 g/mol. The molecule has 127 heavy (non-hydrogen) atoms. The lowest BCUT2D eigenvalue weighted by molar-refractivity contribution is -0.330. The van der Waals surface area contributed by atoms with E-state index >= 15 is 0 Å². The lowest BCUT2D eigenvalue weighted by Gasteiger charge is -2.70. The summed E-state index contributed by atoms with van der Waals surface area (Å²) >= 11 is 0. The zero-order chi connectivity index (χ0) is 94.0. The molecule has 21 nitrogen and oxygen atoms in total. The molecular weight excluding hydrogens is 1610 g/mol. The first kappa shape index (κ1) is 103. The Bertz CT molecular complexity index is 3710. The number of rotatable bonds is 18. The molecule has 15 aliphatic rings. The van der Waals surface area contributed by atoms with Crippen molar-refractivity contribution in [2.24, 2.45) is 136 Å². The summed E-state index contributed by atoms with van der Waals surface area (Å²) in [6.07, 6.45) is 13.8. The van der Waals surface area contributed by atoms with Gasteiger partial charge < -0.3 is 105 Å². The van der Waals surface area contributed by atoms with E-state index in [4.69, 9.17) is 28.4 Å². The standard InChI is InChI=1S/C36H62O7.2C35H60O7/c1-20(2)11-10-15-36(9,43-31-30(41)29(40)28(39)21(3)42-31)22-12-17-35(8)27(22)23(37)19-25-33(6)16-14-26(38)32(4,5)24(33)13-18-34(25,35)7;2*1-20(2)10-9-14-35(8,42-30-29(40)28(39)23(37)19-41-30)21-11-16-34(7)27(21)22(36)18-25-32(5)15-13-26(38)31(3,4)24(32)12-17-33(25,34)6/h11,21-31,37-41H,10,12-19H2,1-9H3;2*10,21-30,36-40H,9,11-19H2,1-8H3/t21?,22?,23-,24?,25?,26+,27?,28+,29+,30?,31+,33+,34-,35-,36+;21?,22-,23+,24?,25?,26+,27?,28+,29?,30+,32+,33-,34-,35+;21?,22-,23-,24?,25?,26+,27?,28+,29?,30+,32+,33-,34-,35+/m111/s1. The Morgan fingerprint density at radius 2 is 0.567 bits per heavy atom. The Morgan fingerprint density at radius 1 is 0.307 bits per heavy atom. The van der Waals surface area contributed by atoms with Crippen LogP contribution in [0.25, 0.3) is 0 Å². The van der Waals surface area contributed by atoms with Gasteiger partial charge in [0, 0.05) is 0 Å². The Kier molecular flexibility index (Phi) is 29.4. The van der Waals surface area contributed by atoms with Gasteiger partial charge in [0.1, 0.15) is 54.9 Å². The molecule has 21 heteroatoms. The molecule has 0 aromatic heterocycles. The molecular formula is C106H182O21. The highest BCUT2D eigenvalue weighted by atomic mass is 16.7. The highest BCUT2D eigenvalue weighted by Gasteiger charge is 2.77. The van der Waals surface area contributed by atoms with Crippen LogP contribution in [0.5, 0.6) is 0 Å². The molecule has 3 aliphatic heterocycles. The van der Waals surface area contributed by atoms with Crippen LogP contribution in [-0.2, 0) is 28.4 Å². The first-order chi connectivity index (χ1) is 58.7. The Labute approximate surface area is 765 Å². The second-order valence-electron chi connectivity index (χ2n) is 50.9. The molecule has 12 saturated carbocycles. The summed E-state index contributed by atoms with van der Waals surface area (Å²) in [6.45, 7) is 56.1. The molecule has 732 valence electrons. The van der Waals surface area contributed by atoms with Crippen LogP contribution in [0.15, 0.2) is 34.9 Å². The third kappa shape index (κ3) is 17.0. The molecule has 0 aromatic carbocycles. The summed E-state index contributed by atoms with van der Waals surface area (Å²) in [5.74, 6) is 2.67. The van der Waals surface area contributed by atoms with E-state index in [0.29, 0.717) is 54.8 Å². The van der Waals surface area contributed by atoms with Gasteiger partial charge in [-0.1, -0.05) is 139 Å². The van der Waals surface area contributed by atoms with Crippen LogP contribution in [0.1, 0.15) is 346 Å². The van der Waals surface area contributed by atoms with Crippen molar-refractivity contribution in [2.75, 3.05) is 13.2 Å². The fourth-order valence-electron chi connectivity index (χ4n) is 34.9. The molecule has 15 N–H and O–H groups in total. The maximum atomic E-state index is 12.2. The average Bonchev–Trinajstić information content (AvgIpc) is 1.60. The predicted molar refractivity (Wildman–Crippen MR) is 492 cm³/mol. The smallest absolute Gasteiger partial charge is 0.187 e. The number of fused-ring (bicyclic) bond motifs is 15. The van der Waals surface area contributed by atoms with Crippen LogP contribution in [0.2, 0.25) is 0 Å².